The van der Waals surface area contributed by atoms with Gasteiger partial charge in [0.2, 0.25) is 5.91 Å². The largest absolute Gasteiger partial charge is 0.325 e. The number of amidine groups is 2. The molecule has 6 nitrogen and oxygen atoms in total. The minimum Gasteiger partial charge on any atom is -0.325 e. The van der Waals surface area contributed by atoms with Crippen LogP contribution in [0.2, 0.25) is 0 Å². The van der Waals surface area contributed by atoms with Crippen molar-refractivity contribution in [1.82, 2.24) is 4.90 Å². The van der Waals surface area contributed by atoms with Crippen LogP contribution in [-0.4, -0.2) is 33.0 Å². The van der Waals surface area contributed by atoms with Gasteiger partial charge in [-0.15, -0.1) is 0 Å². The van der Waals surface area contributed by atoms with Gasteiger partial charge in [0.15, 0.2) is 11.2 Å². The first-order valence-electron chi connectivity index (χ1n) is 11.8. The predicted octanol–water partition coefficient (Wildman–Crippen LogP) is 5.73. The number of para-hydroxylation sites is 1. The van der Waals surface area contributed by atoms with Gasteiger partial charge in [0.05, 0.1) is 10.9 Å². The van der Waals surface area contributed by atoms with Gasteiger partial charge in [-0.1, -0.05) is 80.2 Å². The lowest BCUT2D eigenvalue weighted by Crippen LogP contribution is -2.41. The number of hydrogen-bond acceptors (Lipinski definition) is 5. The highest BCUT2D eigenvalue weighted by atomic mass is 32.2. The Morgan fingerprint density at radius 2 is 1.71 bits per heavy atom. The highest BCUT2D eigenvalue weighted by molar-refractivity contribution is 8.15. The van der Waals surface area contributed by atoms with E-state index in [1.807, 2.05) is 85.8 Å². The zero-order valence-corrected chi connectivity index (χ0v) is 20.5. The number of amides is 2. The predicted molar refractivity (Wildman–Crippen MR) is 142 cm³/mol. The fourth-order valence-electron chi connectivity index (χ4n) is 4.18. The molecule has 35 heavy (non-hydrogen) atoms. The molecule has 3 aromatic rings. The Morgan fingerprint density at radius 3 is 2.43 bits per heavy atom. The van der Waals surface area contributed by atoms with Crippen LogP contribution in [0.5, 0.6) is 0 Å². The third-order valence-electron chi connectivity index (χ3n) is 6.13. The minimum atomic E-state index is -0.630. The zero-order chi connectivity index (χ0) is 24.4. The number of fused-ring (bicyclic) bond motifs is 3. The molecule has 0 saturated carbocycles. The molecule has 7 heteroatoms. The Bertz CT molecular complexity index is 1320. The molecule has 0 saturated heterocycles. The van der Waals surface area contributed by atoms with E-state index in [0.29, 0.717) is 17.4 Å². The van der Waals surface area contributed by atoms with Gasteiger partial charge in [-0.25, -0.2) is 14.9 Å². The van der Waals surface area contributed by atoms with Crippen LogP contribution in [0.3, 0.4) is 0 Å². The van der Waals surface area contributed by atoms with Crippen molar-refractivity contribution in [2.45, 2.75) is 38.0 Å². The number of carbonyl (C=O) groups is 2. The highest BCUT2D eigenvalue weighted by Crippen LogP contribution is 2.38. The molecule has 2 atom stereocenters. The molecule has 1 N–H and O–H groups in total. The van der Waals surface area contributed by atoms with Gasteiger partial charge in [0, 0.05) is 11.3 Å². The first-order valence-corrected chi connectivity index (χ1v) is 12.7. The average molecular weight is 483 g/mol. The molecule has 176 valence electrons. The summed E-state index contributed by atoms with van der Waals surface area (Å²) in [4.78, 5) is 37.9. The fourth-order valence-corrected chi connectivity index (χ4v) is 5.20. The van der Waals surface area contributed by atoms with Crippen LogP contribution in [-0.2, 0) is 16.0 Å². The van der Waals surface area contributed by atoms with Crippen molar-refractivity contribution >= 4 is 46.0 Å². The first kappa shape index (κ1) is 23.1. The summed E-state index contributed by atoms with van der Waals surface area (Å²) in [6.45, 7) is 4.06. The molecule has 2 heterocycles. The summed E-state index contributed by atoms with van der Waals surface area (Å²) >= 11 is 1.30. The number of carbonyl (C=O) groups excluding carboxylic acids is 2. The lowest BCUT2D eigenvalue weighted by atomic mass is 10.1. The minimum absolute atomic E-state index is 0.118. The SMILES string of the molecule is CCc1ccc(NC(=O)[C@@H](CC)SC2=Nc3ccccc3C3=N[C@@H](c4ccccc4)C(=O)N23)cc1. The highest BCUT2D eigenvalue weighted by Gasteiger charge is 2.43. The smallest absolute Gasteiger partial charge is 0.263 e. The van der Waals surface area contributed by atoms with E-state index in [9.17, 15) is 9.59 Å². The average Bonchev–Trinajstić information content (AvgIpc) is 3.25. The van der Waals surface area contributed by atoms with Crippen molar-refractivity contribution in [1.29, 1.82) is 0 Å². The molecule has 2 amide bonds. The maximum atomic E-state index is 13.6. The molecule has 2 aliphatic rings. The quantitative estimate of drug-likeness (QED) is 0.488. The number of benzene rings is 3. The Labute approximate surface area is 209 Å². The molecule has 0 spiro atoms. The van der Waals surface area contributed by atoms with Crippen molar-refractivity contribution in [2.75, 3.05) is 5.32 Å². The summed E-state index contributed by atoms with van der Waals surface area (Å²) in [5.41, 5.74) is 4.37. The van der Waals surface area contributed by atoms with Crippen LogP contribution in [0.25, 0.3) is 0 Å². The molecule has 2 aliphatic heterocycles. The summed E-state index contributed by atoms with van der Waals surface area (Å²) < 4.78 is 0. The van der Waals surface area contributed by atoms with Gasteiger partial charge in [-0.05, 0) is 48.2 Å². The van der Waals surface area contributed by atoms with E-state index in [1.165, 1.54) is 17.3 Å². The molecule has 0 unspecified atom stereocenters. The third-order valence-corrected chi connectivity index (χ3v) is 7.44. The van der Waals surface area contributed by atoms with Gasteiger partial charge >= 0.3 is 0 Å². The van der Waals surface area contributed by atoms with E-state index in [2.05, 4.69) is 12.2 Å². The van der Waals surface area contributed by atoms with Gasteiger partial charge in [-0.3, -0.25) is 9.59 Å². The van der Waals surface area contributed by atoms with Crippen LogP contribution in [0.15, 0.2) is 88.8 Å². The molecule has 0 aliphatic carbocycles. The summed E-state index contributed by atoms with van der Waals surface area (Å²) in [5.74, 6) is 0.313. The van der Waals surface area contributed by atoms with Crippen LogP contribution >= 0.6 is 11.8 Å². The van der Waals surface area contributed by atoms with Crippen molar-refractivity contribution in [3.8, 4) is 0 Å². The van der Waals surface area contributed by atoms with Crippen LogP contribution in [0, 0.1) is 0 Å². The molecule has 0 radical (unpaired) electrons. The second-order valence-corrected chi connectivity index (χ2v) is 9.58. The van der Waals surface area contributed by atoms with E-state index in [0.717, 1.165) is 28.9 Å². The van der Waals surface area contributed by atoms with Crippen LogP contribution in [0.1, 0.15) is 43.0 Å². The summed E-state index contributed by atoms with van der Waals surface area (Å²) in [7, 11) is 0. The number of thioether (sulfide) groups is 1. The fraction of sp³-hybridized carbons (Fsp3) is 0.214. The van der Waals surface area contributed by atoms with Crippen molar-refractivity contribution in [3.05, 3.63) is 95.6 Å². The lowest BCUT2D eigenvalue weighted by molar-refractivity contribution is -0.124. The molecular formula is C28H26N4O2S. The molecule has 0 bridgehead atoms. The molecule has 3 aromatic carbocycles. The van der Waals surface area contributed by atoms with E-state index in [4.69, 9.17) is 9.98 Å². The van der Waals surface area contributed by atoms with Gasteiger partial charge in [-0.2, -0.15) is 0 Å². The van der Waals surface area contributed by atoms with E-state index < -0.39 is 11.3 Å². The number of nitrogens with zero attached hydrogens (tertiary/aromatic N) is 3. The number of rotatable bonds is 6. The molecule has 5 rings (SSSR count). The van der Waals surface area contributed by atoms with E-state index in [1.54, 1.807) is 4.90 Å². The number of aryl methyl sites for hydroxylation is 1. The summed E-state index contributed by atoms with van der Waals surface area (Å²) in [6.07, 6.45) is 1.53. The maximum Gasteiger partial charge on any atom is 0.263 e. The normalized spacial score (nSPS) is 17.3. The van der Waals surface area contributed by atoms with Gasteiger partial charge in [0.1, 0.15) is 5.84 Å². The molecular weight excluding hydrogens is 456 g/mol. The topological polar surface area (TPSA) is 74.1 Å². The number of nitrogens with one attached hydrogen (secondary N) is 1. The number of aliphatic imine (C=N–C) groups is 2. The number of anilines is 1. The second kappa shape index (κ2) is 9.88. The van der Waals surface area contributed by atoms with Gasteiger partial charge in [0.25, 0.3) is 5.91 Å². The summed E-state index contributed by atoms with van der Waals surface area (Å²) in [6, 6.07) is 24.5. The van der Waals surface area contributed by atoms with E-state index in [-0.39, 0.29) is 11.8 Å². The Kier molecular flexibility index (Phi) is 6.51. The Morgan fingerprint density at radius 1 is 1.00 bits per heavy atom. The monoisotopic (exact) mass is 482 g/mol. The van der Waals surface area contributed by atoms with Crippen molar-refractivity contribution in [2.24, 2.45) is 9.98 Å². The third kappa shape index (κ3) is 4.51. The molecule has 0 fully saturated rings. The van der Waals surface area contributed by atoms with Gasteiger partial charge < -0.3 is 5.32 Å². The molecule has 0 aromatic heterocycles. The Balaban J connectivity index is 1.43. The van der Waals surface area contributed by atoms with Crippen molar-refractivity contribution in [3.63, 3.8) is 0 Å². The lowest BCUT2D eigenvalue weighted by Gasteiger charge is -2.27. The zero-order valence-electron chi connectivity index (χ0n) is 19.6. The standard InChI is InChI=1S/C28H26N4O2S/c1-3-18-14-16-20(17-15-18)29-26(33)23(4-2)35-28-30-22-13-9-8-12-21(22)25-31-24(27(34)32(25)28)19-10-6-5-7-11-19/h5-17,23-24H,3-4H2,1-2H3,(H,29,33)/t23-,24+/m1/s1. The second-order valence-electron chi connectivity index (χ2n) is 8.41. The first-order chi connectivity index (χ1) is 17.1. The maximum absolute atomic E-state index is 13.6. The van der Waals surface area contributed by atoms with Crippen LogP contribution in [0.4, 0.5) is 11.4 Å². The van der Waals surface area contributed by atoms with Crippen LogP contribution < -0.4 is 5.32 Å². The Hall–Kier alpha value is -3.71. The van der Waals surface area contributed by atoms with E-state index >= 15 is 0 Å². The number of hydrogen-bond donors (Lipinski definition) is 1. The summed E-state index contributed by atoms with van der Waals surface area (Å²) in [5, 5.41) is 3.07. The van der Waals surface area contributed by atoms with Crippen molar-refractivity contribution < 1.29 is 9.59 Å².